The molecule has 3 aromatic rings. The van der Waals surface area contributed by atoms with Crippen molar-refractivity contribution < 1.29 is 14.3 Å². The summed E-state index contributed by atoms with van der Waals surface area (Å²) in [6.07, 6.45) is 2.93. The Bertz CT molecular complexity index is 812. The van der Waals surface area contributed by atoms with E-state index in [1.165, 1.54) is 6.20 Å². The van der Waals surface area contributed by atoms with Gasteiger partial charge >= 0.3 is 0 Å². The lowest BCUT2D eigenvalue weighted by Gasteiger charge is -2.06. The summed E-state index contributed by atoms with van der Waals surface area (Å²) in [6, 6.07) is 19.0. The number of hydrogen-bond acceptors (Lipinski definition) is 4. The van der Waals surface area contributed by atoms with Crippen LogP contribution in [0.2, 0.25) is 0 Å². The van der Waals surface area contributed by atoms with Crippen LogP contribution in [0.3, 0.4) is 0 Å². The second-order valence-corrected chi connectivity index (χ2v) is 4.84. The summed E-state index contributed by atoms with van der Waals surface area (Å²) in [7, 11) is 0. The Morgan fingerprint density at radius 1 is 0.696 bits per heavy atom. The summed E-state index contributed by atoms with van der Waals surface area (Å²) in [5.41, 5.74) is 0.598. The molecule has 0 unspecified atom stereocenters. The molecular formula is C19H13NO3. The monoisotopic (exact) mass is 303 g/mol. The molecule has 0 saturated carbocycles. The first-order valence-corrected chi connectivity index (χ1v) is 7.06. The van der Waals surface area contributed by atoms with E-state index in [1.54, 1.807) is 42.6 Å². The first-order valence-electron chi connectivity index (χ1n) is 7.06. The predicted molar refractivity (Wildman–Crippen MR) is 85.9 cm³/mol. The van der Waals surface area contributed by atoms with Gasteiger partial charge in [-0.15, -0.1) is 0 Å². The third kappa shape index (κ3) is 3.49. The molecule has 4 heteroatoms. The predicted octanol–water partition coefficient (Wildman–Crippen LogP) is 3.94. The Kier molecular flexibility index (Phi) is 4.25. The highest BCUT2D eigenvalue weighted by Gasteiger charge is 2.18. The van der Waals surface area contributed by atoms with Crippen molar-refractivity contribution in [1.29, 1.82) is 0 Å². The van der Waals surface area contributed by atoms with Crippen molar-refractivity contribution in [2.75, 3.05) is 0 Å². The molecule has 3 rings (SSSR count). The molecule has 2 aromatic carbocycles. The topological polar surface area (TPSA) is 56.3 Å². The highest BCUT2D eigenvalue weighted by molar-refractivity contribution is 6.49. The van der Waals surface area contributed by atoms with E-state index in [0.29, 0.717) is 17.1 Å². The van der Waals surface area contributed by atoms with Gasteiger partial charge in [-0.3, -0.25) is 14.6 Å². The number of Topliss-reactive ketones (excluding diaryl/α,β-unsaturated/α-hetero) is 2. The van der Waals surface area contributed by atoms with Crippen LogP contribution in [0.25, 0.3) is 0 Å². The highest BCUT2D eigenvalue weighted by Crippen LogP contribution is 2.21. The zero-order valence-electron chi connectivity index (χ0n) is 12.2. The van der Waals surface area contributed by atoms with Crippen LogP contribution in [0.1, 0.15) is 20.7 Å². The van der Waals surface area contributed by atoms with Crippen molar-refractivity contribution in [3.63, 3.8) is 0 Å². The Labute approximate surface area is 133 Å². The number of pyridine rings is 1. The van der Waals surface area contributed by atoms with Crippen molar-refractivity contribution >= 4 is 11.6 Å². The second-order valence-electron chi connectivity index (χ2n) is 4.84. The second kappa shape index (κ2) is 6.66. The van der Waals surface area contributed by atoms with Crippen LogP contribution >= 0.6 is 0 Å². The van der Waals surface area contributed by atoms with E-state index in [0.717, 1.165) is 0 Å². The maximum absolute atomic E-state index is 12.2. The largest absolute Gasteiger partial charge is 0.457 e. The fourth-order valence-electron chi connectivity index (χ4n) is 2.06. The molecule has 0 aliphatic carbocycles. The number of para-hydroxylation sites is 1. The summed E-state index contributed by atoms with van der Waals surface area (Å²) in [6.45, 7) is 0. The van der Waals surface area contributed by atoms with Gasteiger partial charge in [0.1, 0.15) is 11.5 Å². The van der Waals surface area contributed by atoms with Crippen molar-refractivity contribution in [1.82, 2.24) is 4.98 Å². The quantitative estimate of drug-likeness (QED) is 0.529. The number of rotatable bonds is 5. The molecule has 1 aromatic heterocycles. The highest BCUT2D eigenvalue weighted by atomic mass is 16.5. The van der Waals surface area contributed by atoms with Gasteiger partial charge in [-0.05, 0) is 48.5 Å². The number of benzene rings is 2. The number of nitrogens with zero attached hydrogens (tertiary/aromatic N) is 1. The Balaban J connectivity index is 1.74. The molecule has 23 heavy (non-hydrogen) atoms. The van der Waals surface area contributed by atoms with Crippen molar-refractivity contribution in [3.05, 3.63) is 90.3 Å². The fourth-order valence-corrected chi connectivity index (χ4v) is 2.06. The molecule has 0 aliphatic rings. The number of aromatic nitrogens is 1. The van der Waals surface area contributed by atoms with Crippen LogP contribution in [0.15, 0.2) is 79.1 Å². The van der Waals surface area contributed by atoms with Crippen molar-refractivity contribution in [3.8, 4) is 11.5 Å². The first kappa shape index (κ1) is 14.7. The number of hydrogen-bond donors (Lipinski definition) is 0. The third-order valence-corrected chi connectivity index (χ3v) is 3.23. The molecule has 4 nitrogen and oxygen atoms in total. The van der Waals surface area contributed by atoms with Gasteiger partial charge in [0.05, 0.1) is 0 Å². The summed E-state index contributed by atoms with van der Waals surface area (Å²) in [5.74, 6) is 0.165. The summed E-state index contributed by atoms with van der Waals surface area (Å²) < 4.78 is 5.65. The minimum absolute atomic E-state index is 0.280. The number of carbonyl (C=O) groups is 2. The van der Waals surface area contributed by atoms with E-state index >= 15 is 0 Å². The molecule has 0 amide bonds. The van der Waals surface area contributed by atoms with Crippen molar-refractivity contribution in [2.45, 2.75) is 0 Å². The normalized spacial score (nSPS) is 10.1. The molecule has 0 atom stereocenters. The van der Waals surface area contributed by atoms with E-state index in [1.807, 2.05) is 30.3 Å². The van der Waals surface area contributed by atoms with Gasteiger partial charge in [0.25, 0.3) is 0 Å². The summed E-state index contributed by atoms with van der Waals surface area (Å²) in [4.78, 5) is 28.1. The zero-order chi connectivity index (χ0) is 16.1. The van der Waals surface area contributed by atoms with Gasteiger partial charge in [0.15, 0.2) is 0 Å². The summed E-state index contributed by atoms with van der Waals surface area (Å²) >= 11 is 0. The Morgan fingerprint density at radius 3 is 2.00 bits per heavy atom. The van der Waals surface area contributed by atoms with E-state index in [-0.39, 0.29) is 5.56 Å². The smallest absolute Gasteiger partial charge is 0.235 e. The van der Waals surface area contributed by atoms with E-state index in [4.69, 9.17) is 4.74 Å². The van der Waals surface area contributed by atoms with Gasteiger partial charge in [0.2, 0.25) is 11.6 Å². The van der Waals surface area contributed by atoms with Crippen LogP contribution in [0, 0.1) is 0 Å². The molecule has 0 spiro atoms. The van der Waals surface area contributed by atoms with Gasteiger partial charge in [-0.1, -0.05) is 18.2 Å². The van der Waals surface area contributed by atoms with E-state index < -0.39 is 11.6 Å². The van der Waals surface area contributed by atoms with Gasteiger partial charge < -0.3 is 4.74 Å². The maximum atomic E-state index is 12.2. The number of carbonyl (C=O) groups excluding carboxylic acids is 2. The number of ketones is 2. The fraction of sp³-hybridized carbons (Fsp3) is 0. The van der Waals surface area contributed by atoms with Crippen molar-refractivity contribution in [2.24, 2.45) is 0 Å². The molecule has 0 saturated heterocycles. The minimum Gasteiger partial charge on any atom is -0.457 e. The van der Waals surface area contributed by atoms with E-state index in [9.17, 15) is 9.59 Å². The molecule has 112 valence electrons. The van der Waals surface area contributed by atoms with Gasteiger partial charge in [-0.25, -0.2) is 0 Å². The van der Waals surface area contributed by atoms with E-state index in [2.05, 4.69) is 4.98 Å². The molecule has 1 heterocycles. The zero-order valence-corrected chi connectivity index (χ0v) is 12.2. The molecule has 0 N–H and O–H groups in total. The van der Waals surface area contributed by atoms with Gasteiger partial charge in [-0.2, -0.15) is 0 Å². The van der Waals surface area contributed by atoms with Crippen LogP contribution in [0.5, 0.6) is 11.5 Å². The molecule has 0 aliphatic heterocycles. The average molecular weight is 303 g/mol. The molecule has 0 bridgehead atoms. The number of ether oxygens (including phenoxy) is 1. The van der Waals surface area contributed by atoms with Crippen LogP contribution < -0.4 is 4.74 Å². The van der Waals surface area contributed by atoms with Crippen LogP contribution in [0.4, 0.5) is 0 Å². The lowest BCUT2D eigenvalue weighted by Crippen LogP contribution is -2.14. The maximum Gasteiger partial charge on any atom is 0.235 e. The molecule has 0 fully saturated rings. The first-order chi connectivity index (χ1) is 11.2. The SMILES string of the molecule is O=C(C(=O)c1cccnc1)c1ccc(Oc2ccccc2)cc1. The Morgan fingerprint density at radius 2 is 1.35 bits per heavy atom. The van der Waals surface area contributed by atoms with Gasteiger partial charge in [0, 0.05) is 23.5 Å². The lowest BCUT2D eigenvalue weighted by molar-refractivity contribution is 0.0816. The molecule has 0 radical (unpaired) electrons. The van der Waals surface area contributed by atoms with Crippen LogP contribution in [-0.2, 0) is 0 Å². The third-order valence-electron chi connectivity index (χ3n) is 3.23. The summed E-state index contributed by atoms with van der Waals surface area (Å²) in [5, 5.41) is 0. The minimum atomic E-state index is -0.574. The average Bonchev–Trinajstić information content (AvgIpc) is 2.63. The standard InChI is InChI=1S/C19H13NO3/c21-18(19(22)15-5-4-12-20-13-15)14-8-10-17(11-9-14)23-16-6-2-1-3-7-16/h1-13H. The van der Waals surface area contributed by atoms with Crippen LogP contribution in [-0.4, -0.2) is 16.6 Å². The lowest BCUT2D eigenvalue weighted by atomic mass is 10.0. The Hall–Kier alpha value is -3.27. The molecular weight excluding hydrogens is 290 g/mol.